The Labute approximate surface area is 175 Å². The van der Waals surface area contributed by atoms with Crippen LogP contribution in [0.15, 0.2) is 36.7 Å². The molecular weight excluding hydrogens is 390 g/mol. The summed E-state index contributed by atoms with van der Waals surface area (Å²) in [5.41, 5.74) is 3.77. The Morgan fingerprint density at radius 1 is 1.17 bits per heavy atom. The second kappa shape index (κ2) is 7.76. The number of rotatable bonds is 6. The number of morpholine rings is 1. The molecule has 0 unspecified atom stereocenters. The largest absolute Gasteiger partial charge is 0.495 e. The molecule has 7 heteroatoms. The van der Waals surface area contributed by atoms with Crippen LogP contribution in [0.3, 0.4) is 0 Å². The molecular formula is C22H24ClN3O3. The number of hydrogen-bond donors (Lipinski definition) is 0. The van der Waals surface area contributed by atoms with Crippen molar-refractivity contribution in [2.75, 3.05) is 44.9 Å². The normalized spacial score (nSPS) is 17.0. The molecule has 0 N–H and O–H groups in total. The molecule has 5 rings (SSSR count). The van der Waals surface area contributed by atoms with Crippen LogP contribution in [-0.4, -0.2) is 49.4 Å². The van der Waals surface area contributed by atoms with Crippen LogP contribution in [0.1, 0.15) is 12.8 Å². The molecule has 1 aliphatic heterocycles. The Hall–Kier alpha value is -2.44. The van der Waals surface area contributed by atoms with Crippen LogP contribution in [0.4, 0.5) is 5.69 Å². The average Bonchev–Trinajstić information content (AvgIpc) is 3.49. The van der Waals surface area contributed by atoms with E-state index in [2.05, 4.69) is 17.0 Å². The molecule has 2 aromatic heterocycles. The van der Waals surface area contributed by atoms with Gasteiger partial charge in [0.2, 0.25) is 0 Å². The Balaban J connectivity index is 1.51. The van der Waals surface area contributed by atoms with Crippen LogP contribution in [0.5, 0.6) is 11.5 Å². The van der Waals surface area contributed by atoms with Gasteiger partial charge in [0.15, 0.2) is 0 Å². The molecule has 0 amide bonds. The van der Waals surface area contributed by atoms with Crippen molar-refractivity contribution in [3.05, 3.63) is 41.7 Å². The van der Waals surface area contributed by atoms with Crippen molar-refractivity contribution in [2.24, 2.45) is 5.92 Å². The third-order valence-electron chi connectivity index (χ3n) is 5.52. The summed E-state index contributed by atoms with van der Waals surface area (Å²) >= 11 is 6.42. The number of imidazole rings is 1. The number of aromatic nitrogens is 2. The van der Waals surface area contributed by atoms with Gasteiger partial charge in [-0.1, -0.05) is 11.6 Å². The van der Waals surface area contributed by atoms with E-state index in [1.165, 1.54) is 12.8 Å². The number of nitrogens with zero attached hydrogens (tertiary/aromatic N) is 3. The Bertz CT molecular complexity index is 1030. The molecule has 2 aliphatic rings. The Morgan fingerprint density at radius 3 is 2.76 bits per heavy atom. The van der Waals surface area contributed by atoms with Crippen molar-refractivity contribution in [2.45, 2.75) is 12.8 Å². The molecule has 2 fully saturated rings. The number of fused-ring (bicyclic) bond motifs is 1. The molecule has 0 bridgehead atoms. The van der Waals surface area contributed by atoms with Gasteiger partial charge in [-0.15, -0.1) is 0 Å². The lowest BCUT2D eigenvalue weighted by Crippen LogP contribution is -2.36. The van der Waals surface area contributed by atoms with Gasteiger partial charge in [-0.25, -0.2) is 4.98 Å². The zero-order chi connectivity index (χ0) is 19.8. The molecule has 3 aromatic rings. The summed E-state index contributed by atoms with van der Waals surface area (Å²) in [6.45, 7) is 4.04. The van der Waals surface area contributed by atoms with Gasteiger partial charge in [0.05, 0.1) is 37.6 Å². The van der Waals surface area contributed by atoms with Crippen LogP contribution >= 0.6 is 11.6 Å². The number of halogens is 1. The number of anilines is 1. The first-order valence-electron chi connectivity index (χ1n) is 10.0. The summed E-state index contributed by atoms with van der Waals surface area (Å²) in [5.74, 6) is 2.02. The summed E-state index contributed by atoms with van der Waals surface area (Å²) in [4.78, 5) is 7.19. The van der Waals surface area contributed by atoms with E-state index in [4.69, 9.17) is 30.8 Å². The predicted molar refractivity (Wildman–Crippen MR) is 113 cm³/mol. The number of methoxy groups -OCH3 is 1. The molecule has 152 valence electrons. The fourth-order valence-corrected chi connectivity index (χ4v) is 3.86. The maximum atomic E-state index is 6.42. The lowest BCUT2D eigenvalue weighted by molar-refractivity contribution is 0.122. The van der Waals surface area contributed by atoms with Crippen LogP contribution in [0.2, 0.25) is 5.02 Å². The van der Waals surface area contributed by atoms with Crippen molar-refractivity contribution >= 4 is 22.9 Å². The van der Waals surface area contributed by atoms with Crippen molar-refractivity contribution < 1.29 is 14.2 Å². The third kappa shape index (κ3) is 3.87. The number of hydrogen-bond acceptors (Lipinski definition) is 5. The summed E-state index contributed by atoms with van der Waals surface area (Å²) in [6.07, 6.45) is 6.53. The van der Waals surface area contributed by atoms with Crippen LogP contribution in [-0.2, 0) is 4.74 Å². The SMILES string of the molecule is COc1cc(OCC2CC2)c(-c2cn3ccc(N4CCOCC4)cc3n2)cc1Cl. The third-order valence-corrected chi connectivity index (χ3v) is 5.82. The molecule has 0 radical (unpaired) electrons. The summed E-state index contributed by atoms with van der Waals surface area (Å²) in [7, 11) is 1.61. The van der Waals surface area contributed by atoms with E-state index in [-0.39, 0.29) is 0 Å². The van der Waals surface area contributed by atoms with Crippen LogP contribution in [0, 0.1) is 5.92 Å². The second-order valence-corrected chi connectivity index (χ2v) is 8.02. The minimum Gasteiger partial charge on any atom is -0.495 e. The molecule has 0 atom stereocenters. The van der Waals surface area contributed by atoms with Gasteiger partial charge in [0, 0.05) is 48.9 Å². The molecule has 1 aromatic carbocycles. The zero-order valence-electron chi connectivity index (χ0n) is 16.4. The molecule has 1 saturated heterocycles. The van der Waals surface area contributed by atoms with Gasteiger partial charge in [-0.3, -0.25) is 0 Å². The Kier molecular flexibility index (Phi) is 4.97. The zero-order valence-corrected chi connectivity index (χ0v) is 17.2. The smallest absolute Gasteiger partial charge is 0.141 e. The molecule has 1 saturated carbocycles. The maximum absolute atomic E-state index is 6.42. The first kappa shape index (κ1) is 18.6. The van der Waals surface area contributed by atoms with E-state index in [0.29, 0.717) is 23.3 Å². The highest BCUT2D eigenvalue weighted by Gasteiger charge is 2.23. The van der Waals surface area contributed by atoms with E-state index in [0.717, 1.165) is 54.6 Å². The monoisotopic (exact) mass is 413 g/mol. The molecule has 29 heavy (non-hydrogen) atoms. The van der Waals surface area contributed by atoms with Crippen molar-refractivity contribution in [3.8, 4) is 22.8 Å². The van der Waals surface area contributed by atoms with Gasteiger partial charge in [0.25, 0.3) is 0 Å². The van der Waals surface area contributed by atoms with Crippen molar-refractivity contribution in [1.82, 2.24) is 9.38 Å². The maximum Gasteiger partial charge on any atom is 0.141 e. The summed E-state index contributed by atoms with van der Waals surface area (Å²) in [6, 6.07) is 7.98. The van der Waals surface area contributed by atoms with E-state index >= 15 is 0 Å². The van der Waals surface area contributed by atoms with Gasteiger partial charge < -0.3 is 23.5 Å². The lowest BCUT2D eigenvalue weighted by atomic mass is 10.1. The average molecular weight is 414 g/mol. The van der Waals surface area contributed by atoms with Crippen molar-refractivity contribution in [3.63, 3.8) is 0 Å². The minimum atomic E-state index is 0.548. The Morgan fingerprint density at radius 2 is 2.00 bits per heavy atom. The summed E-state index contributed by atoms with van der Waals surface area (Å²) in [5, 5.41) is 0.548. The topological polar surface area (TPSA) is 48.2 Å². The van der Waals surface area contributed by atoms with Gasteiger partial charge in [-0.05, 0) is 30.9 Å². The van der Waals surface area contributed by atoms with E-state index in [1.807, 2.05) is 28.9 Å². The number of benzene rings is 1. The van der Waals surface area contributed by atoms with E-state index in [1.54, 1.807) is 7.11 Å². The van der Waals surface area contributed by atoms with Gasteiger partial charge >= 0.3 is 0 Å². The minimum absolute atomic E-state index is 0.548. The molecule has 1 aliphatic carbocycles. The van der Waals surface area contributed by atoms with Crippen LogP contribution in [0.25, 0.3) is 16.9 Å². The predicted octanol–water partition coefficient (Wildman–Crippen LogP) is 4.29. The number of pyridine rings is 1. The fourth-order valence-electron chi connectivity index (χ4n) is 3.62. The second-order valence-electron chi connectivity index (χ2n) is 7.61. The van der Waals surface area contributed by atoms with Gasteiger partial charge in [0.1, 0.15) is 17.1 Å². The number of ether oxygens (including phenoxy) is 3. The van der Waals surface area contributed by atoms with Gasteiger partial charge in [-0.2, -0.15) is 0 Å². The van der Waals surface area contributed by atoms with E-state index in [9.17, 15) is 0 Å². The fraction of sp³-hybridized carbons (Fsp3) is 0.409. The van der Waals surface area contributed by atoms with Crippen LogP contribution < -0.4 is 14.4 Å². The summed E-state index contributed by atoms with van der Waals surface area (Å²) < 4.78 is 19.0. The highest BCUT2D eigenvalue weighted by atomic mass is 35.5. The lowest BCUT2D eigenvalue weighted by Gasteiger charge is -2.28. The van der Waals surface area contributed by atoms with E-state index < -0.39 is 0 Å². The standard InChI is InChI=1S/C22H24ClN3O3/c1-27-21-12-20(29-14-15-2-3-15)17(11-18(21)23)19-13-26-5-4-16(10-22(26)24-19)25-6-8-28-9-7-25/h4-5,10-13,15H,2-3,6-9,14H2,1H3. The highest BCUT2D eigenvalue weighted by Crippen LogP contribution is 2.40. The molecule has 0 spiro atoms. The first-order chi connectivity index (χ1) is 14.2. The first-order valence-corrected chi connectivity index (χ1v) is 10.4. The highest BCUT2D eigenvalue weighted by molar-refractivity contribution is 6.32. The van der Waals surface area contributed by atoms with Crippen molar-refractivity contribution in [1.29, 1.82) is 0 Å². The molecule has 3 heterocycles. The molecule has 6 nitrogen and oxygen atoms in total. The quantitative estimate of drug-likeness (QED) is 0.603.